The minimum atomic E-state index is -0.462. The van der Waals surface area contributed by atoms with Crippen LogP contribution in [0.2, 0.25) is 0 Å². The average molecular weight is 510 g/mol. The summed E-state index contributed by atoms with van der Waals surface area (Å²) in [6.07, 6.45) is 3.44. The minimum absolute atomic E-state index is 0.00931. The first-order valence-corrected chi connectivity index (χ1v) is 13.9. The van der Waals surface area contributed by atoms with Crippen LogP contribution >= 0.6 is 0 Å². The summed E-state index contributed by atoms with van der Waals surface area (Å²) in [5.41, 5.74) is 3.95. The Morgan fingerprint density at radius 2 is 1.50 bits per heavy atom. The van der Waals surface area contributed by atoms with E-state index >= 15 is 0 Å². The lowest BCUT2D eigenvalue weighted by Crippen LogP contribution is -2.53. The van der Waals surface area contributed by atoms with Gasteiger partial charge in [0.15, 0.2) is 0 Å². The monoisotopic (exact) mass is 509 g/mol. The third-order valence-corrected chi connectivity index (χ3v) is 8.55. The molecular formula is C33H39N3O2. The van der Waals surface area contributed by atoms with Gasteiger partial charge in [0.25, 0.3) is 0 Å². The van der Waals surface area contributed by atoms with Crippen molar-refractivity contribution >= 4 is 11.8 Å². The number of nitrogens with one attached hydrogen (secondary N) is 2. The van der Waals surface area contributed by atoms with Gasteiger partial charge in [-0.2, -0.15) is 0 Å². The van der Waals surface area contributed by atoms with Crippen molar-refractivity contribution in [3.05, 3.63) is 107 Å². The van der Waals surface area contributed by atoms with Gasteiger partial charge in [-0.25, -0.2) is 0 Å². The van der Waals surface area contributed by atoms with Crippen molar-refractivity contribution in [2.45, 2.75) is 50.5 Å². The fourth-order valence-electron chi connectivity index (χ4n) is 6.30. The number of nitrogens with zero attached hydrogens (tertiary/aromatic N) is 1. The fourth-order valence-corrected chi connectivity index (χ4v) is 6.30. The van der Waals surface area contributed by atoms with E-state index < -0.39 is 5.41 Å². The van der Waals surface area contributed by atoms with E-state index in [1.54, 1.807) is 6.92 Å². The van der Waals surface area contributed by atoms with E-state index in [1.165, 1.54) is 16.7 Å². The van der Waals surface area contributed by atoms with Crippen LogP contribution in [-0.2, 0) is 27.0 Å². The number of rotatable bonds is 9. The predicted octanol–water partition coefficient (Wildman–Crippen LogP) is 4.74. The van der Waals surface area contributed by atoms with E-state index in [0.29, 0.717) is 6.54 Å². The fraction of sp³-hybridized carbons (Fsp3) is 0.394. The third-order valence-electron chi connectivity index (χ3n) is 8.55. The summed E-state index contributed by atoms with van der Waals surface area (Å²) in [5.74, 6) is 0.443. The molecule has 3 aromatic rings. The quantitative estimate of drug-likeness (QED) is 0.438. The molecule has 0 spiro atoms. The van der Waals surface area contributed by atoms with Crippen molar-refractivity contribution in [3.63, 3.8) is 0 Å². The van der Waals surface area contributed by atoms with Gasteiger partial charge in [-0.3, -0.25) is 9.59 Å². The molecule has 2 aliphatic rings. The summed E-state index contributed by atoms with van der Waals surface area (Å²) < 4.78 is 0. The Bertz CT molecular complexity index is 1230. The van der Waals surface area contributed by atoms with Gasteiger partial charge < -0.3 is 15.5 Å². The maximum atomic E-state index is 13.7. The number of carbonyl (C=O) groups excluding carboxylic acids is 2. The molecule has 198 valence electrons. The second-order valence-corrected chi connectivity index (χ2v) is 11.2. The molecule has 5 rings (SSSR count). The highest BCUT2D eigenvalue weighted by molar-refractivity contribution is 5.92. The van der Waals surface area contributed by atoms with Crippen LogP contribution in [0.4, 0.5) is 0 Å². The molecule has 2 atom stereocenters. The van der Waals surface area contributed by atoms with E-state index in [1.807, 2.05) is 36.4 Å². The summed E-state index contributed by atoms with van der Waals surface area (Å²) in [5, 5.41) is 6.54. The molecule has 1 saturated carbocycles. The number of hydrogen-bond donors (Lipinski definition) is 2. The highest BCUT2D eigenvalue weighted by atomic mass is 16.2. The SMILES string of the molecule is CC(=O)NC1(c2ccccc2)CCN(C[C@@H]2C[C@@]2(C(=O)NCCc2ccccc2)c2ccc(C)cc2)CC1. The van der Waals surface area contributed by atoms with Crippen LogP contribution in [0, 0.1) is 12.8 Å². The van der Waals surface area contributed by atoms with Gasteiger partial charge >= 0.3 is 0 Å². The maximum absolute atomic E-state index is 13.7. The molecule has 2 N–H and O–H groups in total. The number of piperidine rings is 1. The number of aryl methyl sites for hydroxylation is 1. The van der Waals surface area contributed by atoms with Crippen LogP contribution in [0.25, 0.3) is 0 Å². The van der Waals surface area contributed by atoms with Crippen molar-refractivity contribution in [1.29, 1.82) is 0 Å². The molecule has 5 heteroatoms. The first-order chi connectivity index (χ1) is 18.4. The summed E-state index contributed by atoms with van der Waals surface area (Å²) in [6.45, 7) is 7.01. The second kappa shape index (κ2) is 11.1. The van der Waals surface area contributed by atoms with Crippen LogP contribution < -0.4 is 10.6 Å². The molecule has 3 aromatic carbocycles. The molecule has 1 aliphatic heterocycles. The van der Waals surface area contributed by atoms with Crippen molar-refractivity contribution in [2.75, 3.05) is 26.2 Å². The van der Waals surface area contributed by atoms with E-state index in [0.717, 1.165) is 50.9 Å². The van der Waals surface area contributed by atoms with Crippen LogP contribution in [-0.4, -0.2) is 42.9 Å². The zero-order valence-electron chi connectivity index (χ0n) is 22.6. The molecule has 5 nitrogen and oxygen atoms in total. The van der Waals surface area contributed by atoms with E-state index in [-0.39, 0.29) is 23.3 Å². The minimum Gasteiger partial charge on any atom is -0.355 e. The lowest BCUT2D eigenvalue weighted by atomic mass is 9.80. The van der Waals surface area contributed by atoms with Crippen molar-refractivity contribution < 1.29 is 9.59 Å². The molecule has 1 heterocycles. The summed E-state index contributed by atoms with van der Waals surface area (Å²) in [7, 11) is 0. The molecule has 0 bridgehead atoms. The van der Waals surface area contributed by atoms with Gasteiger partial charge in [0, 0.05) is 33.1 Å². The summed E-state index contributed by atoms with van der Waals surface area (Å²) >= 11 is 0. The lowest BCUT2D eigenvalue weighted by Gasteiger charge is -2.43. The van der Waals surface area contributed by atoms with Crippen molar-refractivity contribution in [3.8, 4) is 0 Å². The molecule has 2 amide bonds. The zero-order valence-corrected chi connectivity index (χ0v) is 22.6. The Hall–Kier alpha value is -3.44. The number of benzene rings is 3. The van der Waals surface area contributed by atoms with Crippen molar-refractivity contribution in [1.82, 2.24) is 15.5 Å². The summed E-state index contributed by atoms with van der Waals surface area (Å²) in [4.78, 5) is 28.3. The molecule has 0 aromatic heterocycles. The van der Waals surface area contributed by atoms with Crippen molar-refractivity contribution in [2.24, 2.45) is 5.92 Å². The first kappa shape index (κ1) is 26.2. The Morgan fingerprint density at radius 1 is 0.868 bits per heavy atom. The van der Waals surface area contributed by atoms with Gasteiger partial charge in [-0.15, -0.1) is 0 Å². The van der Waals surface area contributed by atoms with E-state index in [9.17, 15) is 9.59 Å². The highest BCUT2D eigenvalue weighted by Gasteiger charge is 2.61. The molecule has 1 aliphatic carbocycles. The lowest BCUT2D eigenvalue weighted by molar-refractivity contribution is -0.124. The topological polar surface area (TPSA) is 61.4 Å². The second-order valence-electron chi connectivity index (χ2n) is 11.2. The van der Waals surface area contributed by atoms with Crippen LogP contribution in [0.3, 0.4) is 0 Å². The van der Waals surface area contributed by atoms with Gasteiger partial charge in [-0.05, 0) is 55.2 Å². The van der Waals surface area contributed by atoms with E-state index in [2.05, 4.69) is 71.0 Å². The van der Waals surface area contributed by atoms with Gasteiger partial charge in [0.05, 0.1) is 11.0 Å². The predicted molar refractivity (Wildman–Crippen MR) is 152 cm³/mol. The van der Waals surface area contributed by atoms with Crippen LogP contribution in [0.5, 0.6) is 0 Å². The molecule has 38 heavy (non-hydrogen) atoms. The third kappa shape index (κ3) is 5.53. The molecule has 2 fully saturated rings. The number of carbonyl (C=O) groups is 2. The first-order valence-electron chi connectivity index (χ1n) is 13.9. The van der Waals surface area contributed by atoms with Crippen LogP contribution in [0.1, 0.15) is 48.4 Å². The number of amides is 2. The molecule has 1 saturated heterocycles. The molecule has 0 radical (unpaired) electrons. The van der Waals surface area contributed by atoms with E-state index in [4.69, 9.17) is 0 Å². The maximum Gasteiger partial charge on any atom is 0.231 e. The Morgan fingerprint density at radius 3 is 2.13 bits per heavy atom. The molecular weight excluding hydrogens is 470 g/mol. The smallest absolute Gasteiger partial charge is 0.231 e. The van der Waals surface area contributed by atoms with Gasteiger partial charge in [0.2, 0.25) is 11.8 Å². The highest BCUT2D eigenvalue weighted by Crippen LogP contribution is 2.55. The van der Waals surface area contributed by atoms with Crippen LogP contribution in [0.15, 0.2) is 84.9 Å². The number of hydrogen-bond acceptors (Lipinski definition) is 3. The van der Waals surface area contributed by atoms with Gasteiger partial charge in [-0.1, -0.05) is 90.5 Å². The Labute approximate surface area is 226 Å². The molecule has 0 unspecified atom stereocenters. The zero-order chi connectivity index (χ0) is 26.6. The van der Waals surface area contributed by atoms with Gasteiger partial charge in [0.1, 0.15) is 0 Å². The average Bonchev–Trinajstić information content (AvgIpc) is 3.66. The Kier molecular flexibility index (Phi) is 7.66. The summed E-state index contributed by atoms with van der Waals surface area (Å²) in [6, 6.07) is 29.2. The standard InChI is InChI=1S/C33H39N3O2/c1-25-13-15-29(16-14-25)33(31(38)34-20-17-27-9-5-3-6-10-27)23-30(33)24-36-21-18-32(19-22-36,35-26(2)37)28-11-7-4-8-12-28/h3-16,30H,17-24H2,1-2H3,(H,34,38)(H,35,37)/t30-,33+/m0/s1. The number of likely N-dealkylation sites (tertiary alicyclic amines) is 1. The normalized spacial score (nSPS) is 22.4. The largest absolute Gasteiger partial charge is 0.355 e. The Balaban J connectivity index is 1.26.